The smallest absolute Gasteiger partial charge is 0.137 e. The van der Waals surface area contributed by atoms with Crippen molar-refractivity contribution in [3.05, 3.63) is 24.0 Å². The van der Waals surface area contributed by atoms with E-state index in [2.05, 4.69) is 31.0 Å². The van der Waals surface area contributed by atoms with Crippen molar-refractivity contribution in [3.63, 3.8) is 0 Å². The van der Waals surface area contributed by atoms with Crippen molar-refractivity contribution in [1.29, 1.82) is 0 Å². The molecule has 2 aliphatic carbocycles. The molecule has 0 N–H and O–H groups in total. The van der Waals surface area contributed by atoms with Crippen molar-refractivity contribution < 1.29 is 4.74 Å². The third kappa shape index (κ3) is 7.61. The predicted octanol–water partition coefficient (Wildman–Crippen LogP) is 8.00. The highest BCUT2D eigenvalue weighted by molar-refractivity contribution is 5.19. The van der Waals surface area contributed by atoms with Crippen LogP contribution in [0.5, 0.6) is 5.75 Å². The summed E-state index contributed by atoms with van der Waals surface area (Å²) in [4.78, 5) is 4.56. The van der Waals surface area contributed by atoms with Crippen molar-refractivity contribution in [2.24, 2.45) is 23.7 Å². The molecule has 1 aromatic rings. The second-order valence-corrected chi connectivity index (χ2v) is 9.96. The van der Waals surface area contributed by atoms with Crippen LogP contribution in [0, 0.1) is 23.7 Å². The fourth-order valence-corrected chi connectivity index (χ4v) is 5.67. The number of ether oxygens (including phenoxy) is 1. The van der Waals surface area contributed by atoms with Gasteiger partial charge in [-0.25, -0.2) is 0 Å². The number of aromatic nitrogens is 1. The van der Waals surface area contributed by atoms with Gasteiger partial charge in [0.15, 0.2) is 0 Å². The quantitative estimate of drug-likeness (QED) is 0.352. The van der Waals surface area contributed by atoms with Gasteiger partial charge in [-0.2, -0.15) is 0 Å². The number of aryl methyl sites for hydroxylation is 1. The van der Waals surface area contributed by atoms with Crippen molar-refractivity contribution >= 4 is 0 Å². The van der Waals surface area contributed by atoms with E-state index in [1.165, 1.54) is 95.6 Å². The molecule has 0 aromatic carbocycles. The summed E-state index contributed by atoms with van der Waals surface area (Å²) in [6.07, 6.45) is 22.9. The topological polar surface area (TPSA) is 22.1 Å². The molecule has 0 unspecified atom stereocenters. The van der Waals surface area contributed by atoms with Gasteiger partial charge in [0.25, 0.3) is 0 Å². The highest BCUT2D eigenvalue weighted by Crippen LogP contribution is 2.42. The molecule has 2 nitrogen and oxygen atoms in total. The highest BCUT2D eigenvalue weighted by atomic mass is 16.5. The van der Waals surface area contributed by atoms with Crippen LogP contribution in [-0.4, -0.2) is 11.6 Å². The first kappa shape index (κ1) is 22.6. The average Bonchev–Trinajstić information content (AvgIpc) is 2.78. The molecule has 0 atom stereocenters. The molecule has 29 heavy (non-hydrogen) atoms. The first-order valence-electron chi connectivity index (χ1n) is 12.9. The van der Waals surface area contributed by atoms with E-state index in [9.17, 15) is 0 Å². The summed E-state index contributed by atoms with van der Waals surface area (Å²) in [5.41, 5.74) is 1.19. The number of nitrogens with zero attached hydrogens (tertiary/aromatic N) is 1. The molecule has 0 bridgehead atoms. The van der Waals surface area contributed by atoms with E-state index >= 15 is 0 Å². The molecule has 3 rings (SSSR count). The molecule has 0 saturated heterocycles. The van der Waals surface area contributed by atoms with Gasteiger partial charge < -0.3 is 4.74 Å². The standard InChI is InChI=1S/C27H45NO/c1-3-5-7-8-22-10-14-24(15-11-22)25-16-12-23(13-17-25)21-29-27-19-18-26(28-20-27)9-6-4-2/h18-20,22-25H,3-17,21H2,1-2H3. The van der Waals surface area contributed by atoms with Crippen LogP contribution in [0.25, 0.3) is 0 Å². The van der Waals surface area contributed by atoms with E-state index in [0.717, 1.165) is 42.4 Å². The van der Waals surface area contributed by atoms with Crippen LogP contribution in [0.1, 0.15) is 109 Å². The van der Waals surface area contributed by atoms with Crippen molar-refractivity contribution in [1.82, 2.24) is 4.98 Å². The molecule has 2 fully saturated rings. The molecule has 1 aromatic heterocycles. The molecular formula is C27H45NO. The summed E-state index contributed by atoms with van der Waals surface area (Å²) in [5.74, 6) is 4.77. The molecular weight excluding hydrogens is 354 g/mol. The monoisotopic (exact) mass is 399 g/mol. The van der Waals surface area contributed by atoms with E-state index < -0.39 is 0 Å². The Morgan fingerprint density at radius 3 is 2.03 bits per heavy atom. The van der Waals surface area contributed by atoms with E-state index in [1.807, 2.05) is 6.20 Å². The molecule has 2 saturated carbocycles. The predicted molar refractivity (Wildman–Crippen MR) is 123 cm³/mol. The van der Waals surface area contributed by atoms with Crippen molar-refractivity contribution in [2.45, 2.75) is 110 Å². The normalized spacial score (nSPS) is 27.7. The lowest BCUT2D eigenvalue weighted by atomic mass is 9.69. The zero-order chi connectivity index (χ0) is 20.3. The summed E-state index contributed by atoms with van der Waals surface area (Å²) >= 11 is 0. The number of pyridine rings is 1. The number of unbranched alkanes of at least 4 members (excludes halogenated alkanes) is 3. The maximum Gasteiger partial charge on any atom is 0.137 e. The van der Waals surface area contributed by atoms with Gasteiger partial charge in [-0.1, -0.05) is 58.8 Å². The Morgan fingerprint density at radius 2 is 1.45 bits per heavy atom. The minimum atomic E-state index is 0.747. The zero-order valence-corrected chi connectivity index (χ0v) is 19.2. The Hall–Kier alpha value is -1.05. The Kier molecular flexibility index (Phi) is 9.83. The first-order valence-corrected chi connectivity index (χ1v) is 12.9. The number of rotatable bonds is 11. The van der Waals surface area contributed by atoms with E-state index in [-0.39, 0.29) is 0 Å². The molecule has 164 valence electrons. The SMILES string of the molecule is CCCCCC1CCC(C2CCC(COc3ccc(CCCC)nc3)CC2)CC1. The Morgan fingerprint density at radius 1 is 0.793 bits per heavy atom. The van der Waals surface area contributed by atoms with Crippen LogP contribution >= 0.6 is 0 Å². The van der Waals surface area contributed by atoms with Gasteiger partial charge in [-0.3, -0.25) is 4.98 Å². The Balaban J connectivity index is 1.30. The second kappa shape index (κ2) is 12.6. The second-order valence-electron chi connectivity index (χ2n) is 9.96. The lowest BCUT2D eigenvalue weighted by Crippen LogP contribution is -2.27. The lowest BCUT2D eigenvalue weighted by molar-refractivity contribution is 0.121. The third-order valence-corrected chi connectivity index (χ3v) is 7.74. The minimum Gasteiger partial charge on any atom is -0.492 e. The highest BCUT2D eigenvalue weighted by Gasteiger charge is 2.30. The summed E-state index contributed by atoms with van der Waals surface area (Å²) in [6.45, 7) is 5.43. The maximum absolute atomic E-state index is 6.08. The van der Waals surface area contributed by atoms with Gasteiger partial charge in [0.05, 0.1) is 12.8 Å². The van der Waals surface area contributed by atoms with Gasteiger partial charge in [-0.15, -0.1) is 0 Å². The molecule has 0 spiro atoms. The Labute approximate surface area is 180 Å². The molecule has 0 amide bonds. The lowest BCUT2D eigenvalue weighted by Gasteiger charge is -2.38. The summed E-state index contributed by atoms with van der Waals surface area (Å²) in [7, 11) is 0. The zero-order valence-electron chi connectivity index (χ0n) is 19.2. The van der Waals surface area contributed by atoms with Crippen molar-refractivity contribution in [3.8, 4) is 5.75 Å². The molecule has 2 heteroatoms. The van der Waals surface area contributed by atoms with Crippen LogP contribution in [-0.2, 0) is 6.42 Å². The van der Waals surface area contributed by atoms with Gasteiger partial charge >= 0.3 is 0 Å². The first-order chi connectivity index (χ1) is 14.3. The van der Waals surface area contributed by atoms with Crippen LogP contribution in [0.15, 0.2) is 18.3 Å². The van der Waals surface area contributed by atoms with Gasteiger partial charge in [0, 0.05) is 5.69 Å². The summed E-state index contributed by atoms with van der Waals surface area (Å²) in [6, 6.07) is 4.25. The van der Waals surface area contributed by atoms with Crippen LogP contribution < -0.4 is 4.74 Å². The maximum atomic E-state index is 6.08. The minimum absolute atomic E-state index is 0.747. The molecule has 0 aliphatic heterocycles. The van der Waals surface area contributed by atoms with E-state index in [1.54, 1.807) is 0 Å². The van der Waals surface area contributed by atoms with Crippen LogP contribution in [0.4, 0.5) is 0 Å². The van der Waals surface area contributed by atoms with Gasteiger partial charge in [0.2, 0.25) is 0 Å². The van der Waals surface area contributed by atoms with Gasteiger partial charge in [-0.05, 0) is 87.2 Å². The van der Waals surface area contributed by atoms with Crippen LogP contribution in [0.2, 0.25) is 0 Å². The molecule has 0 radical (unpaired) electrons. The fraction of sp³-hybridized carbons (Fsp3) is 0.815. The van der Waals surface area contributed by atoms with Crippen LogP contribution in [0.3, 0.4) is 0 Å². The summed E-state index contributed by atoms with van der Waals surface area (Å²) in [5, 5.41) is 0. The average molecular weight is 400 g/mol. The third-order valence-electron chi connectivity index (χ3n) is 7.74. The van der Waals surface area contributed by atoms with Gasteiger partial charge in [0.1, 0.15) is 5.75 Å². The molecule has 2 aliphatic rings. The molecule has 1 heterocycles. The van der Waals surface area contributed by atoms with E-state index in [0.29, 0.717) is 0 Å². The fourth-order valence-electron chi connectivity index (χ4n) is 5.67. The largest absolute Gasteiger partial charge is 0.492 e. The van der Waals surface area contributed by atoms with Crippen molar-refractivity contribution in [2.75, 3.05) is 6.61 Å². The summed E-state index contributed by atoms with van der Waals surface area (Å²) < 4.78 is 6.08. The van der Waals surface area contributed by atoms with E-state index in [4.69, 9.17) is 4.74 Å². The number of hydrogen-bond donors (Lipinski definition) is 0. The Bertz CT molecular complexity index is 538. The number of hydrogen-bond acceptors (Lipinski definition) is 2.